The molecule has 4 saturated heterocycles. The number of hydrogen-bond donors (Lipinski definition) is 2. The lowest BCUT2D eigenvalue weighted by atomic mass is 9.72. The van der Waals surface area contributed by atoms with Crippen LogP contribution in [-0.4, -0.2) is 119 Å². The Morgan fingerprint density at radius 2 is 1.83 bits per heavy atom. The minimum Gasteiger partial charge on any atom is -0.481 e. The number of aliphatic hydroxyl groups is 1. The molecule has 1 saturated carbocycles. The molecular weight excluding hydrogens is 673 g/mol. The van der Waals surface area contributed by atoms with Crippen molar-refractivity contribution in [3.8, 4) is 16.9 Å². The maximum atomic E-state index is 14.1. The monoisotopic (exact) mass is 716 g/mol. The molecule has 1 aliphatic carbocycles. The topological polar surface area (TPSA) is 114 Å². The van der Waals surface area contributed by atoms with E-state index in [0.29, 0.717) is 79.5 Å². The maximum Gasteiger partial charge on any atom is 0.422 e. The summed E-state index contributed by atoms with van der Waals surface area (Å²) < 4.78 is 48.1. The van der Waals surface area contributed by atoms with E-state index in [0.717, 1.165) is 66.4 Å². The van der Waals surface area contributed by atoms with Gasteiger partial charge in [-0.2, -0.15) is 23.3 Å². The zero-order chi connectivity index (χ0) is 35.9. The van der Waals surface area contributed by atoms with Crippen LogP contribution in [0, 0.1) is 18.3 Å². The standard InChI is InChI=1S/C38H43F3N8O3/c1-3-30(51)49-19-37(20-49)8-10-46(11-9-37)35-27-12-26(24-5-6-24)32(31-22(2)4-7-29-28(31)13-42-45-29)34(52-21-38(39,40)41)33(27)43-36(44-35)48-16-25(17-48)47-14-23(15-47)18-50/h3-4,7,12-13,23-25,50H,1,5-6,8-11,14-21H2,2H3,(H,42,45). The molecule has 1 amide bonds. The average molecular weight is 717 g/mol. The molecule has 52 heavy (non-hydrogen) atoms. The highest BCUT2D eigenvalue weighted by atomic mass is 19.4. The molecule has 14 heteroatoms. The van der Waals surface area contributed by atoms with Gasteiger partial charge in [-0.05, 0) is 73.4 Å². The Labute approximate surface area is 299 Å². The van der Waals surface area contributed by atoms with Crippen molar-refractivity contribution in [1.29, 1.82) is 0 Å². The molecule has 0 bridgehead atoms. The van der Waals surface area contributed by atoms with Crippen molar-refractivity contribution in [2.24, 2.45) is 11.3 Å². The summed E-state index contributed by atoms with van der Waals surface area (Å²) in [6, 6.07) is 6.32. The molecule has 4 aromatic rings. The summed E-state index contributed by atoms with van der Waals surface area (Å²) in [4.78, 5) is 31.1. The van der Waals surface area contributed by atoms with E-state index in [1.54, 1.807) is 6.20 Å². The Morgan fingerprint density at radius 1 is 1.08 bits per heavy atom. The van der Waals surface area contributed by atoms with Gasteiger partial charge >= 0.3 is 6.18 Å². The molecule has 11 nitrogen and oxygen atoms in total. The molecule has 2 N–H and O–H groups in total. The fourth-order valence-electron chi connectivity index (χ4n) is 8.77. The van der Waals surface area contributed by atoms with Crippen LogP contribution in [0.4, 0.5) is 24.9 Å². The Balaban J connectivity index is 1.17. The Morgan fingerprint density at radius 3 is 2.50 bits per heavy atom. The van der Waals surface area contributed by atoms with E-state index >= 15 is 0 Å². The second kappa shape index (κ2) is 12.3. The quantitative estimate of drug-likeness (QED) is 0.231. The van der Waals surface area contributed by atoms with Gasteiger partial charge < -0.3 is 24.5 Å². The number of carbonyl (C=O) groups excluding carboxylic acids is 1. The van der Waals surface area contributed by atoms with Gasteiger partial charge in [0.05, 0.1) is 11.7 Å². The molecule has 6 heterocycles. The van der Waals surface area contributed by atoms with Crippen molar-refractivity contribution in [3.05, 3.63) is 48.2 Å². The molecule has 5 aliphatic rings. The number of H-pyrrole nitrogens is 1. The number of carbonyl (C=O) groups is 1. The number of alkyl halides is 3. The summed E-state index contributed by atoms with van der Waals surface area (Å²) in [7, 11) is 0. The normalized spacial score (nSPS) is 21.1. The van der Waals surface area contributed by atoms with Crippen LogP contribution in [0.15, 0.2) is 37.1 Å². The first-order valence-corrected chi connectivity index (χ1v) is 18.3. The van der Waals surface area contributed by atoms with Gasteiger partial charge in [0.2, 0.25) is 11.9 Å². The molecule has 0 unspecified atom stereocenters. The minimum absolute atomic E-state index is 0.0449. The van der Waals surface area contributed by atoms with Gasteiger partial charge in [-0.15, -0.1) is 0 Å². The number of anilines is 2. The number of benzene rings is 2. The summed E-state index contributed by atoms with van der Waals surface area (Å²) in [6.07, 6.45) is 2.13. The number of likely N-dealkylation sites (tertiary alicyclic amines) is 2. The summed E-state index contributed by atoms with van der Waals surface area (Å²) in [5, 5.41) is 18.4. The third-order valence-electron chi connectivity index (χ3n) is 12.0. The number of aromatic amines is 1. The van der Waals surface area contributed by atoms with Crippen molar-refractivity contribution in [2.45, 2.75) is 50.7 Å². The molecule has 4 aliphatic heterocycles. The van der Waals surface area contributed by atoms with Gasteiger partial charge in [0.1, 0.15) is 11.3 Å². The van der Waals surface area contributed by atoms with E-state index in [-0.39, 0.29) is 29.6 Å². The Bertz CT molecular complexity index is 2050. The van der Waals surface area contributed by atoms with E-state index in [4.69, 9.17) is 14.7 Å². The largest absolute Gasteiger partial charge is 0.481 e. The lowest BCUT2D eigenvalue weighted by Crippen LogP contribution is -2.66. The number of halogens is 3. The predicted octanol–water partition coefficient (Wildman–Crippen LogP) is 5.03. The molecule has 5 fully saturated rings. The summed E-state index contributed by atoms with van der Waals surface area (Å²) in [5.41, 5.74) is 4.53. The molecule has 2 aromatic carbocycles. The van der Waals surface area contributed by atoms with E-state index in [9.17, 15) is 23.1 Å². The number of nitrogens with one attached hydrogen (secondary N) is 1. The van der Waals surface area contributed by atoms with Gasteiger partial charge in [-0.3, -0.25) is 14.8 Å². The first-order valence-electron chi connectivity index (χ1n) is 18.3. The van der Waals surface area contributed by atoms with E-state index < -0.39 is 12.8 Å². The molecule has 9 rings (SSSR count). The average Bonchev–Trinajstić information content (AvgIpc) is 3.81. The van der Waals surface area contributed by atoms with Crippen LogP contribution in [0.3, 0.4) is 0 Å². The van der Waals surface area contributed by atoms with Crippen molar-refractivity contribution < 1.29 is 27.8 Å². The second-order valence-electron chi connectivity index (χ2n) is 15.6. The van der Waals surface area contributed by atoms with Crippen LogP contribution >= 0.6 is 0 Å². The van der Waals surface area contributed by atoms with Crippen molar-refractivity contribution in [1.82, 2.24) is 30.0 Å². The van der Waals surface area contributed by atoms with Crippen LogP contribution in [-0.2, 0) is 4.79 Å². The highest BCUT2D eigenvalue weighted by molar-refractivity contribution is 6.06. The van der Waals surface area contributed by atoms with Gasteiger partial charge in [-0.25, -0.2) is 4.98 Å². The predicted molar refractivity (Wildman–Crippen MR) is 192 cm³/mol. The molecule has 2 aromatic heterocycles. The van der Waals surface area contributed by atoms with Crippen LogP contribution in [0.25, 0.3) is 32.9 Å². The van der Waals surface area contributed by atoms with Gasteiger partial charge in [-0.1, -0.05) is 12.6 Å². The Kier molecular flexibility index (Phi) is 7.92. The number of aliphatic hydroxyl groups excluding tert-OH is 1. The number of aromatic nitrogens is 4. The summed E-state index contributed by atoms with van der Waals surface area (Å²) in [6.45, 7) is 10.2. The minimum atomic E-state index is -4.56. The molecule has 274 valence electrons. The number of amides is 1. The summed E-state index contributed by atoms with van der Waals surface area (Å²) in [5.74, 6) is 1.75. The zero-order valence-electron chi connectivity index (χ0n) is 29.3. The van der Waals surface area contributed by atoms with Crippen LogP contribution in [0.5, 0.6) is 5.75 Å². The number of nitrogens with zero attached hydrogens (tertiary/aromatic N) is 7. The van der Waals surface area contributed by atoms with Gasteiger partial charge in [0.25, 0.3) is 0 Å². The fraction of sp³-hybridized carbons (Fsp3) is 0.526. The number of hydrogen-bond acceptors (Lipinski definition) is 9. The maximum absolute atomic E-state index is 14.1. The highest BCUT2D eigenvalue weighted by Crippen LogP contribution is 2.53. The first kappa shape index (κ1) is 33.4. The lowest BCUT2D eigenvalue weighted by molar-refractivity contribution is -0.153. The van der Waals surface area contributed by atoms with Crippen molar-refractivity contribution in [3.63, 3.8) is 0 Å². The van der Waals surface area contributed by atoms with Crippen LogP contribution in [0.2, 0.25) is 0 Å². The number of piperidine rings is 1. The highest BCUT2D eigenvalue weighted by Gasteiger charge is 2.47. The van der Waals surface area contributed by atoms with Crippen LogP contribution < -0.4 is 14.5 Å². The SMILES string of the molecule is C=CC(=O)N1CC2(CCN(c3nc(N4CC(N5CC(CO)C5)C4)nc4c(OCC(F)(F)F)c(-c5c(C)ccc6[nH]ncc56)c(C5CC5)cc34)CC2)C1. The van der Waals surface area contributed by atoms with Gasteiger partial charge in [0, 0.05) is 92.7 Å². The Hall–Kier alpha value is -4.43. The number of fused-ring (bicyclic) bond motifs is 2. The fourth-order valence-corrected chi connectivity index (χ4v) is 8.77. The van der Waals surface area contributed by atoms with Crippen molar-refractivity contribution in [2.75, 3.05) is 75.4 Å². The lowest BCUT2D eigenvalue weighted by Gasteiger charge is -2.54. The zero-order valence-corrected chi connectivity index (χ0v) is 29.3. The number of aryl methyl sites for hydroxylation is 1. The summed E-state index contributed by atoms with van der Waals surface area (Å²) >= 11 is 0. The third-order valence-corrected chi connectivity index (χ3v) is 12.0. The second-order valence-corrected chi connectivity index (χ2v) is 15.6. The molecule has 1 spiro atoms. The first-order chi connectivity index (χ1) is 25.0. The van der Waals surface area contributed by atoms with E-state index in [1.807, 2.05) is 24.0 Å². The molecule has 0 radical (unpaired) electrons. The molecular formula is C38H43F3N8O3. The third kappa shape index (κ3) is 5.74. The van der Waals surface area contributed by atoms with E-state index in [2.05, 4.69) is 37.5 Å². The van der Waals surface area contributed by atoms with Gasteiger partial charge in [0.15, 0.2) is 12.4 Å². The smallest absolute Gasteiger partial charge is 0.422 e. The molecule has 0 atom stereocenters. The number of ether oxygens (including phenoxy) is 1. The van der Waals surface area contributed by atoms with Crippen molar-refractivity contribution >= 4 is 39.5 Å². The number of rotatable bonds is 9. The van der Waals surface area contributed by atoms with E-state index in [1.165, 1.54) is 6.08 Å². The van der Waals surface area contributed by atoms with Crippen LogP contribution in [0.1, 0.15) is 42.7 Å².